The van der Waals surface area contributed by atoms with Crippen molar-refractivity contribution in [2.24, 2.45) is 5.41 Å². The Labute approximate surface area is 162 Å². The summed E-state index contributed by atoms with van der Waals surface area (Å²) in [5.41, 5.74) is 3.96. The molecule has 144 valence electrons. The first kappa shape index (κ1) is 19.2. The molecule has 5 heteroatoms. The molecule has 1 aliphatic rings. The summed E-state index contributed by atoms with van der Waals surface area (Å²) in [6.45, 7) is 11.1. The predicted octanol–water partition coefficient (Wildman–Crippen LogP) is 5.09. The van der Waals surface area contributed by atoms with Gasteiger partial charge in [-0.25, -0.2) is 4.98 Å². The summed E-state index contributed by atoms with van der Waals surface area (Å²) < 4.78 is 0. The van der Waals surface area contributed by atoms with Gasteiger partial charge in [-0.05, 0) is 43.7 Å². The fraction of sp³-hybridized carbons (Fsp3) is 0.455. The third-order valence-electron chi connectivity index (χ3n) is 5.26. The van der Waals surface area contributed by atoms with Gasteiger partial charge in [0.25, 0.3) is 0 Å². The Morgan fingerprint density at radius 1 is 0.926 bits per heavy atom. The highest BCUT2D eigenvalue weighted by Gasteiger charge is 2.25. The van der Waals surface area contributed by atoms with Crippen molar-refractivity contribution in [2.45, 2.75) is 59.5 Å². The second-order valence-electron chi connectivity index (χ2n) is 8.36. The maximum absolute atomic E-state index is 4.63. The highest BCUT2D eigenvalue weighted by molar-refractivity contribution is 5.48. The zero-order valence-electron chi connectivity index (χ0n) is 17.0. The van der Waals surface area contributed by atoms with Gasteiger partial charge in [0.1, 0.15) is 5.82 Å². The first-order chi connectivity index (χ1) is 12.8. The number of hydrogen-bond donors (Lipinski definition) is 3. The topological polar surface area (TPSA) is 61.9 Å². The Hall–Kier alpha value is -2.56. The minimum absolute atomic E-state index is 0.147. The van der Waals surface area contributed by atoms with Crippen LogP contribution in [0.5, 0.6) is 0 Å². The van der Waals surface area contributed by atoms with Gasteiger partial charge in [-0.1, -0.05) is 51.1 Å². The summed E-state index contributed by atoms with van der Waals surface area (Å²) in [7, 11) is 0. The Morgan fingerprint density at radius 3 is 2.26 bits per heavy atom. The van der Waals surface area contributed by atoms with Crippen LogP contribution >= 0.6 is 0 Å². The number of allylic oxidation sites excluding steroid dienone is 2. The van der Waals surface area contributed by atoms with Gasteiger partial charge in [0.05, 0.1) is 6.04 Å². The van der Waals surface area contributed by atoms with E-state index in [9.17, 15) is 0 Å². The molecule has 0 amide bonds. The van der Waals surface area contributed by atoms with Gasteiger partial charge >= 0.3 is 0 Å². The average molecular weight is 366 g/mol. The third kappa shape index (κ3) is 5.00. The molecule has 1 aliphatic carbocycles. The van der Waals surface area contributed by atoms with E-state index in [0.29, 0.717) is 12.0 Å². The van der Waals surface area contributed by atoms with Crippen molar-refractivity contribution in [1.29, 1.82) is 0 Å². The summed E-state index contributed by atoms with van der Waals surface area (Å²) >= 11 is 0. The number of nitrogens with zero attached hydrogens (tertiary/aromatic N) is 2. The molecule has 2 unspecified atom stereocenters. The van der Waals surface area contributed by atoms with Crippen molar-refractivity contribution in [2.75, 3.05) is 10.6 Å². The van der Waals surface area contributed by atoms with E-state index in [1.165, 1.54) is 17.0 Å². The number of anilines is 2. The lowest BCUT2D eigenvalue weighted by Crippen LogP contribution is -2.40. The van der Waals surface area contributed by atoms with Crippen LogP contribution in [-0.4, -0.2) is 16.0 Å². The molecule has 0 radical (unpaired) electrons. The molecule has 27 heavy (non-hydrogen) atoms. The number of aromatic nitrogens is 2. The number of rotatable bonds is 7. The molecule has 0 fully saturated rings. The van der Waals surface area contributed by atoms with Crippen LogP contribution in [-0.2, 0) is 0 Å². The summed E-state index contributed by atoms with van der Waals surface area (Å²) in [6.07, 6.45) is 3.93. The lowest BCUT2D eigenvalue weighted by atomic mass is 9.87. The van der Waals surface area contributed by atoms with Crippen molar-refractivity contribution in [3.05, 3.63) is 59.6 Å². The highest BCUT2D eigenvalue weighted by atomic mass is 15.2. The molecule has 0 saturated carbocycles. The molecule has 2 atom stereocenters. The van der Waals surface area contributed by atoms with E-state index in [2.05, 4.69) is 72.7 Å². The van der Waals surface area contributed by atoms with Crippen LogP contribution in [0.3, 0.4) is 0 Å². The molecule has 0 aliphatic heterocycles. The fourth-order valence-electron chi connectivity index (χ4n) is 2.82. The van der Waals surface area contributed by atoms with Crippen LogP contribution < -0.4 is 16.0 Å². The van der Waals surface area contributed by atoms with Crippen LogP contribution in [0, 0.1) is 5.41 Å². The van der Waals surface area contributed by atoms with Crippen LogP contribution in [0.2, 0.25) is 0 Å². The number of benzene rings is 1. The second kappa shape index (κ2) is 7.99. The lowest BCUT2D eigenvalue weighted by molar-refractivity contribution is 0.296. The molecule has 2 aromatic rings. The maximum atomic E-state index is 4.63. The smallest absolute Gasteiger partial charge is 0.225 e. The average Bonchev–Trinajstić information content (AvgIpc) is 2.63. The van der Waals surface area contributed by atoms with Crippen molar-refractivity contribution in [3.63, 3.8) is 0 Å². The normalized spacial score (nSPS) is 16.3. The molecule has 1 aromatic carbocycles. The summed E-state index contributed by atoms with van der Waals surface area (Å²) in [5, 5.41) is 10.5. The van der Waals surface area contributed by atoms with Crippen LogP contribution in [0.15, 0.2) is 54.0 Å². The first-order valence-electron chi connectivity index (χ1n) is 9.73. The Balaban J connectivity index is 1.65. The molecule has 3 rings (SSSR count). The van der Waals surface area contributed by atoms with E-state index in [0.717, 1.165) is 18.7 Å². The number of hydrogen-bond acceptors (Lipinski definition) is 5. The summed E-state index contributed by atoms with van der Waals surface area (Å²) in [5.74, 6) is 1.46. The second-order valence-corrected chi connectivity index (χ2v) is 8.36. The van der Waals surface area contributed by atoms with E-state index in [1.54, 1.807) is 6.20 Å². The zero-order valence-corrected chi connectivity index (χ0v) is 17.0. The van der Waals surface area contributed by atoms with Crippen LogP contribution in [0.4, 0.5) is 11.8 Å². The maximum Gasteiger partial charge on any atom is 0.225 e. The molecule has 3 N–H and O–H groups in total. The Morgan fingerprint density at radius 2 is 1.63 bits per heavy atom. The first-order valence-corrected chi connectivity index (χ1v) is 9.73. The van der Waals surface area contributed by atoms with E-state index in [4.69, 9.17) is 0 Å². The highest BCUT2D eigenvalue weighted by Crippen LogP contribution is 2.29. The Kier molecular flexibility index (Phi) is 5.68. The van der Waals surface area contributed by atoms with E-state index in [1.807, 2.05) is 24.3 Å². The molecule has 0 spiro atoms. The van der Waals surface area contributed by atoms with E-state index in [-0.39, 0.29) is 11.5 Å². The van der Waals surface area contributed by atoms with E-state index < -0.39 is 0 Å². The minimum Gasteiger partial charge on any atom is -0.384 e. The van der Waals surface area contributed by atoms with Crippen molar-refractivity contribution < 1.29 is 0 Å². The van der Waals surface area contributed by atoms with Gasteiger partial charge in [-0.2, -0.15) is 4.98 Å². The fourth-order valence-corrected chi connectivity index (χ4v) is 2.82. The third-order valence-corrected chi connectivity index (χ3v) is 5.26. The van der Waals surface area contributed by atoms with Crippen molar-refractivity contribution in [1.82, 2.24) is 15.3 Å². The van der Waals surface area contributed by atoms with E-state index >= 15 is 0 Å². The molecule has 5 nitrogen and oxygen atoms in total. The van der Waals surface area contributed by atoms with Gasteiger partial charge in [0.2, 0.25) is 5.95 Å². The summed E-state index contributed by atoms with van der Waals surface area (Å²) in [4.78, 5) is 8.99. The molecular formula is C22H31N5. The van der Waals surface area contributed by atoms with Gasteiger partial charge in [0.15, 0.2) is 0 Å². The number of nitrogens with one attached hydrogen (secondary N) is 3. The molecule has 1 aromatic heterocycles. The SMILES string of the molecule is CC(Nc1nccc(NC2=C(NC(C)C(C)(C)C)CC2)n1)c1ccccc1. The standard InChI is InChI=1S/C22H31N5/c1-15(17-9-7-6-8-10-17)24-21-23-14-13-20(27-21)26-19-12-11-18(19)25-16(2)22(3,4)5/h6-10,13-16,25H,11-12H2,1-5H3,(H2,23,24,26,27). The summed E-state index contributed by atoms with van der Waals surface area (Å²) in [6, 6.07) is 12.8. The predicted molar refractivity (Wildman–Crippen MR) is 112 cm³/mol. The van der Waals surface area contributed by atoms with Gasteiger partial charge in [-0.15, -0.1) is 0 Å². The van der Waals surface area contributed by atoms with Crippen LogP contribution in [0.1, 0.15) is 59.1 Å². The van der Waals surface area contributed by atoms with Crippen molar-refractivity contribution in [3.8, 4) is 0 Å². The molecular weight excluding hydrogens is 334 g/mol. The minimum atomic E-state index is 0.147. The zero-order chi connectivity index (χ0) is 19.4. The van der Waals surface area contributed by atoms with Crippen LogP contribution in [0.25, 0.3) is 0 Å². The van der Waals surface area contributed by atoms with Gasteiger partial charge < -0.3 is 16.0 Å². The largest absolute Gasteiger partial charge is 0.384 e. The molecule has 0 saturated heterocycles. The molecule has 1 heterocycles. The van der Waals surface area contributed by atoms with Crippen molar-refractivity contribution >= 4 is 11.8 Å². The molecule has 0 bridgehead atoms. The lowest BCUT2D eigenvalue weighted by Gasteiger charge is -2.34. The Bertz CT molecular complexity index is 792. The quantitative estimate of drug-likeness (QED) is 0.638. The van der Waals surface area contributed by atoms with Gasteiger partial charge in [0, 0.05) is 23.6 Å². The van der Waals surface area contributed by atoms with Gasteiger partial charge in [-0.3, -0.25) is 0 Å². The monoisotopic (exact) mass is 365 g/mol.